The Labute approximate surface area is 90.6 Å². The number of amides is 2. The minimum atomic E-state index is -4.70. The molecule has 2 amide bonds. The van der Waals surface area contributed by atoms with Gasteiger partial charge >= 0.3 is 12.3 Å². The molecule has 0 aromatic heterocycles. The topological polar surface area (TPSA) is 41.1 Å². The van der Waals surface area contributed by atoms with Crippen LogP contribution in [0.5, 0.6) is 0 Å². The van der Waals surface area contributed by atoms with E-state index in [1.54, 1.807) is 12.1 Å². The van der Waals surface area contributed by atoms with Crippen LogP contribution in [0, 0.1) is 6.92 Å². The van der Waals surface area contributed by atoms with Gasteiger partial charge in [-0.05, 0) is 18.1 Å². The van der Waals surface area contributed by atoms with E-state index in [0.29, 0.717) is 0 Å². The van der Waals surface area contributed by atoms with E-state index in [2.05, 4.69) is 5.32 Å². The zero-order valence-corrected chi connectivity index (χ0v) is 8.56. The second-order valence-corrected chi connectivity index (χ2v) is 3.23. The molecule has 1 rings (SSSR count). The van der Waals surface area contributed by atoms with Crippen molar-refractivity contribution in [2.24, 2.45) is 0 Å². The van der Waals surface area contributed by atoms with E-state index in [9.17, 15) is 18.0 Å². The molecule has 6 heteroatoms. The van der Waals surface area contributed by atoms with E-state index >= 15 is 0 Å². The van der Waals surface area contributed by atoms with E-state index in [1.165, 1.54) is 0 Å². The standard InChI is InChI=1S/C10H11F3N2O/c1-7-4-2-3-5-8(7)6-14-9(16)15-10(11,12)13/h2-5H,6H2,1H3,(H2,14,15,16). The third-order valence-electron chi connectivity index (χ3n) is 1.96. The summed E-state index contributed by atoms with van der Waals surface area (Å²) in [7, 11) is 0. The van der Waals surface area contributed by atoms with Crippen molar-refractivity contribution in [1.82, 2.24) is 10.6 Å². The largest absolute Gasteiger partial charge is 0.485 e. The monoisotopic (exact) mass is 232 g/mol. The van der Waals surface area contributed by atoms with Crippen molar-refractivity contribution in [2.45, 2.75) is 19.8 Å². The maximum atomic E-state index is 11.7. The van der Waals surface area contributed by atoms with Crippen LogP contribution in [0.3, 0.4) is 0 Å². The Kier molecular flexibility index (Phi) is 3.76. The van der Waals surface area contributed by atoms with Gasteiger partial charge in [0.1, 0.15) is 0 Å². The van der Waals surface area contributed by atoms with Crippen LogP contribution in [0.2, 0.25) is 0 Å². The number of carbonyl (C=O) groups excluding carboxylic acids is 1. The van der Waals surface area contributed by atoms with Crippen molar-refractivity contribution in [3.05, 3.63) is 35.4 Å². The second-order valence-electron chi connectivity index (χ2n) is 3.23. The van der Waals surface area contributed by atoms with Crippen LogP contribution >= 0.6 is 0 Å². The van der Waals surface area contributed by atoms with Crippen LogP contribution in [-0.4, -0.2) is 12.3 Å². The Balaban J connectivity index is 2.47. The van der Waals surface area contributed by atoms with Gasteiger partial charge in [-0.15, -0.1) is 0 Å². The molecule has 0 unspecified atom stereocenters. The summed E-state index contributed by atoms with van der Waals surface area (Å²) in [6, 6.07) is 5.87. The van der Waals surface area contributed by atoms with E-state index in [4.69, 9.17) is 0 Å². The molecule has 0 saturated carbocycles. The Bertz CT molecular complexity index is 377. The number of hydrogen-bond donors (Lipinski definition) is 2. The summed E-state index contributed by atoms with van der Waals surface area (Å²) in [5.41, 5.74) is 1.69. The maximum Gasteiger partial charge on any atom is 0.485 e. The van der Waals surface area contributed by atoms with Crippen molar-refractivity contribution in [3.8, 4) is 0 Å². The summed E-state index contributed by atoms with van der Waals surface area (Å²) in [5, 5.41) is 2.99. The van der Waals surface area contributed by atoms with Gasteiger partial charge in [0.15, 0.2) is 0 Å². The third-order valence-corrected chi connectivity index (χ3v) is 1.96. The molecule has 0 spiro atoms. The first-order chi connectivity index (χ1) is 7.38. The number of benzene rings is 1. The van der Waals surface area contributed by atoms with Gasteiger partial charge in [0, 0.05) is 6.54 Å². The van der Waals surface area contributed by atoms with Crippen molar-refractivity contribution in [2.75, 3.05) is 0 Å². The highest BCUT2D eigenvalue weighted by atomic mass is 19.4. The SMILES string of the molecule is Cc1ccccc1CNC(=O)NC(F)(F)F. The van der Waals surface area contributed by atoms with Gasteiger partial charge in [0.05, 0.1) is 0 Å². The van der Waals surface area contributed by atoms with E-state index in [-0.39, 0.29) is 6.54 Å². The third kappa shape index (κ3) is 4.20. The number of carbonyl (C=O) groups is 1. The molecule has 0 aliphatic rings. The number of alkyl halides is 3. The van der Waals surface area contributed by atoms with Crippen LogP contribution in [0.15, 0.2) is 24.3 Å². The minimum Gasteiger partial charge on any atom is -0.334 e. The average Bonchev–Trinajstić information content (AvgIpc) is 2.14. The highest BCUT2D eigenvalue weighted by Crippen LogP contribution is 2.09. The molecule has 0 aliphatic carbocycles. The van der Waals surface area contributed by atoms with Crippen LogP contribution in [0.4, 0.5) is 18.0 Å². The molecule has 0 fully saturated rings. The normalized spacial score (nSPS) is 11.0. The number of urea groups is 1. The Hall–Kier alpha value is -1.72. The molecule has 0 aliphatic heterocycles. The number of hydrogen-bond acceptors (Lipinski definition) is 1. The molecule has 1 aromatic rings. The van der Waals surface area contributed by atoms with Crippen LogP contribution in [-0.2, 0) is 6.54 Å². The first-order valence-corrected chi connectivity index (χ1v) is 4.56. The van der Waals surface area contributed by atoms with Gasteiger partial charge in [0.25, 0.3) is 0 Å². The molecule has 0 bridgehead atoms. The second kappa shape index (κ2) is 4.87. The maximum absolute atomic E-state index is 11.7. The predicted molar refractivity (Wildman–Crippen MR) is 52.6 cm³/mol. The molecule has 2 N–H and O–H groups in total. The van der Waals surface area contributed by atoms with Gasteiger partial charge < -0.3 is 5.32 Å². The fraction of sp³-hybridized carbons (Fsp3) is 0.300. The van der Waals surface area contributed by atoms with Crippen molar-refractivity contribution >= 4 is 6.03 Å². The Morgan fingerprint density at radius 3 is 2.50 bits per heavy atom. The lowest BCUT2D eigenvalue weighted by molar-refractivity contribution is -0.145. The van der Waals surface area contributed by atoms with Crippen LogP contribution in [0.1, 0.15) is 11.1 Å². The van der Waals surface area contributed by atoms with Gasteiger partial charge in [-0.1, -0.05) is 24.3 Å². The van der Waals surface area contributed by atoms with E-state index in [1.807, 2.05) is 19.1 Å². The Morgan fingerprint density at radius 2 is 1.94 bits per heavy atom. The van der Waals surface area contributed by atoms with Crippen LogP contribution in [0.25, 0.3) is 0 Å². The zero-order chi connectivity index (χ0) is 12.2. The first-order valence-electron chi connectivity index (χ1n) is 4.56. The molecule has 16 heavy (non-hydrogen) atoms. The molecule has 0 radical (unpaired) electrons. The highest BCUT2D eigenvalue weighted by molar-refractivity contribution is 5.74. The van der Waals surface area contributed by atoms with Crippen LogP contribution < -0.4 is 10.6 Å². The van der Waals surface area contributed by atoms with Gasteiger partial charge in [0.2, 0.25) is 0 Å². The zero-order valence-electron chi connectivity index (χ0n) is 8.56. The molecule has 3 nitrogen and oxygen atoms in total. The minimum absolute atomic E-state index is 0.0641. The molecule has 0 atom stereocenters. The fourth-order valence-electron chi connectivity index (χ4n) is 1.16. The van der Waals surface area contributed by atoms with Gasteiger partial charge in [-0.25, -0.2) is 10.1 Å². The quantitative estimate of drug-likeness (QED) is 0.755. The number of rotatable bonds is 2. The fourth-order valence-corrected chi connectivity index (χ4v) is 1.16. The number of nitrogens with one attached hydrogen (secondary N) is 2. The van der Waals surface area contributed by atoms with Crippen molar-refractivity contribution in [1.29, 1.82) is 0 Å². The van der Waals surface area contributed by atoms with Crippen molar-refractivity contribution < 1.29 is 18.0 Å². The molecule has 1 aromatic carbocycles. The smallest absolute Gasteiger partial charge is 0.334 e. The summed E-state index contributed by atoms with van der Waals surface area (Å²) in [6.45, 7) is 1.88. The lowest BCUT2D eigenvalue weighted by Crippen LogP contribution is -2.43. The summed E-state index contributed by atoms with van der Waals surface area (Å²) < 4.78 is 35.2. The van der Waals surface area contributed by atoms with Gasteiger partial charge in [-0.2, -0.15) is 13.2 Å². The average molecular weight is 232 g/mol. The molecular weight excluding hydrogens is 221 g/mol. The summed E-state index contributed by atoms with van der Waals surface area (Å²) in [6.07, 6.45) is -4.70. The summed E-state index contributed by atoms with van der Waals surface area (Å²) in [5.74, 6) is 0. The lowest BCUT2D eigenvalue weighted by atomic mass is 10.1. The first kappa shape index (κ1) is 12.4. The highest BCUT2D eigenvalue weighted by Gasteiger charge is 2.29. The molecular formula is C10H11F3N2O. The van der Waals surface area contributed by atoms with Gasteiger partial charge in [-0.3, -0.25) is 0 Å². The molecule has 88 valence electrons. The summed E-state index contributed by atoms with van der Waals surface area (Å²) >= 11 is 0. The molecule has 0 heterocycles. The Morgan fingerprint density at radius 1 is 1.31 bits per heavy atom. The summed E-state index contributed by atoms with van der Waals surface area (Å²) in [4.78, 5) is 10.8. The van der Waals surface area contributed by atoms with Crippen molar-refractivity contribution in [3.63, 3.8) is 0 Å². The number of aryl methyl sites for hydroxylation is 1. The molecule has 0 saturated heterocycles. The van der Waals surface area contributed by atoms with E-state index < -0.39 is 12.3 Å². The van der Waals surface area contributed by atoms with E-state index in [0.717, 1.165) is 16.4 Å². The lowest BCUT2D eigenvalue weighted by Gasteiger charge is -2.11. The number of halogens is 3. The predicted octanol–water partition coefficient (Wildman–Crippen LogP) is 2.31.